The van der Waals surface area contributed by atoms with E-state index in [0.29, 0.717) is 24.5 Å². The normalized spacial score (nSPS) is 13.4. The van der Waals surface area contributed by atoms with Crippen molar-refractivity contribution in [2.24, 2.45) is 0 Å². The van der Waals surface area contributed by atoms with Gasteiger partial charge in [0.1, 0.15) is 6.29 Å². The van der Waals surface area contributed by atoms with Crippen molar-refractivity contribution in [3.63, 3.8) is 0 Å². The molecule has 1 aromatic carbocycles. The van der Waals surface area contributed by atoms with E-state index >= 15 is 0 Å². The van der Waals surface area contributed by atoms with E-state index in [-0.39, 0.29) is 0 Å². The molecular weight excluding hydrogens is 256 g/mol. The Kier molecular flexibility index (Phi) is 5.77. The van der Waals surface area contributed by atoms with Crippen LogP contribution in [0.15, 0.2) is 24.8 Å². The Bertz CT molecular complexity index is 482. The summed E-state index contributed by atoms with van der Waals surface area (Å²) in [6, 6.07) is 3.84. The highest BCUT2D eigenvalue weighted by molar-refractivity contribution is 5.60. The van der Waals surface area contributed by atoms with Crippen LogP contribution in [0.25, 0.3) is 0 Å². The van der Waals surface area contributed by atoms with E-state index in [1.54, 1.807) is 27.4 Å². The first-order valence-electron chi connectivity index (χ1n) is 6.37. The Morgan fingerprint density at radius 1 is 1.25 bits per heavy atom. The number of hydrogen-bond acceptors (Lipinski definition) is 4. The van der Waals surface area contributed by atoms with Crippen molar-refractivity contribution in [2.45, 2.75) is 25.4 Å². The fourth-order valence-corrected chi connectivity index (χ4v) is 2.17. The average molecular weight is 278 g/mol. The van der Waals surface area contributed by atoms with Crippen LogP contribution < -0.4 is 9.47 Å². The van der Waals surface area contributed by atoms with Crippen LogP contribution in [-0.4, -0.2) is 27.6 Å². The van der Waals surface area contributed by atoms with Crippen LogP contribution in [0.2, 0.25) is 0 Å². The molecule has 0 bridgehead atoms. The molecule has 1 rings (SSSR count). The number of ether oxygens (including phenoxy) is 3. The van der Waals surface area contributed by atoms with Gasteiger partial charge in [0.25, 0.3) is 0 Å². The molecule has 0 radical (unpaired) electrons. The molecule has 0 aliphatic heterocycles. The predicted molar refractivity (Wildman–Crippen MR) is 78.5 cm³/mol. The summed E-state index contributed by atoms with van der Waals surface area (Å²) in [5, 5.41) is 0. The summed E-state index contributed by atoms with van der Waals surface area (Å²) in [5.74, 6) is 1.24. The summed E-state index contributed by atoms with van der Waals surface area (Å²) in [6.45, 7) is 6.25. The van der Waals surface area contributed by atoms with Crippen LogP contribution in [0.1, 0.15) is 24.5 Å². The maximum atomic E-state index is 11.0. The summed E-state index contributed by atoms with van der Waals surface area (Å²) in [5.41, 5.74) is 1.32. The Balaban J connectivity index is 3.51. The van der Waals surface area contributed by atoms with E-state index in [1.807, 2.05) is 19.1 Å². The van der Waals surface area contributed by atoms with Crippen molar-refractivity contribution in [3.8, 4) is 11.5 Å². The molecule has 1 aromatic rings. The number of allylic oxidation sites excluding steroid dienone is 1. The number of methoxy groups -OCH3 is 3. The minimum absolute atomic E-state index is 0.326. The molecule has 0 fully saturated rings. The molecule has 4 heteroatoms. The number of carbonyl (C=O) groups excluding carboxylic acids is 1. The van der Waals surface area contributed by atoms with Crippen LogP contribution >= 0.6 is 0 Å². The predicted octanol–water partition coefficient (Wildman–Crippen LogP) is 2.88. The zero-order valence-electron chi connectivity index (χ0n) is 12.6. The quantitative estimate of drug-likeness (QED) is 0.542. The minimum atomic E-state index is -0.510. The lowest BCUT2D eigenvalue weighted by Gasteiger charge is -2.27. The van der Waals surface area contributed by atoms with Crippen molar-refractivity contribution in [3.05, 3.63) is 35.9 Å². The number of hydrogen-bond donors (Lipinski definition) is 0. The lowest BCUT2D eigenvalue weighted by molar-refractivity contribution is -0.108. The molecule has 0 aliphatic carbocycles. The van der Waals surface area contributed by atoms with Gasteiger partial charge in [-0.15, -0.1) is 6.58 Å². The van der Waals surface area contributed by atoms with E-state index < -0.39 is 5.41 Å². The maximum Gasteiger partial charge on any atom is 0.164 e. The summed E-state index contributed by atoms with van der Waals surface area (Å²) < 4.78 is 16.0. The van der Waals surface area contributed by atoms with Gasteiger partial charge in [0, 0.05) is 24.5 Å². The van der Waals surface area contributed by atoms with Crippen LogP contribution in [-0.2, 0) is 21.6 Å². The number of aldehydes is 1. The Hall–Kier alpha value is -1.81. The molecule has 1 unspecified atom stereocenters. The number of rotatable bonds is 8. The van der Waals surface area contributed by atoms with Crippen LogP contribution in [0, 0.1) is 0 Å². The first-order chi connectivity index (χ1) is 9.56. The highest BCUT2D eigenvalue weighted by Gasteiger charge is 2.28. The topological polar surface area (TPSA) is 44.8 Å². The summed E-state index contributed by atoms with van der Waals surface area (Å²) in [7, 11) is 4.81. The van der Waals surface area contributed by atoms with Gasteiger partial charge in [-0.05, 0) is 17.7 Å². The summed E-state index contributed by atoms with van der Waals surface area (Å²) in [4.78, 5) is 11.0. The smallest absolute Gasteiger partial charge is 0.164 e. The van der Waals surface area contributed by atoms with Crippen LogP contribution in [0.4, 0.5) is 0 Å². The van der Waals surface area contributed by atoms with Gasteiger partial charge in [0.15, 0.2) is 11.5 Å². The average Bonchev–Trinajstić information content (AvgIpc) is 2.46. The minimum Gasteiger partial charge on any atom is -0.493 e. The lowest BCUT2D eigenvalue weighted by Crippen LogP contribution is -2.21. The maximum absolute atomic E-state index is 11.0. The van der Waals surface area contributed by atoms with Crippen molar-refractivity contribution in [1.29, 1.82) is 0 Å². The van der Waals surface area contributed by atoms with Gasteiger partial charge >= 0.3 is 0 Å². The first-order valence-corrected chi connectivity index (χ1v) is 6.37. The fourth-order valence-electron chi connectivity index (χ4n) is 2.17. The molecule has 4 nitrogen and oxygen atoms in total. The lowest BCUT2D eigenvalue weighted by atomic mass is 9.78. The molecule has 0 spiro atoms. The first kappa shape index (κ1) is 16.2. The molecule has 0 N–H and O–H groups in total. The van der Waals surface area contributed by atoms with Gasteiger partial charge in [-0.1, -0.05) is 13.0 Å². The van der Waals surface area contributed by atoms with E-state index in [4.69, 9.17) is 14.2 Å². The molecule has 0 aliphatic rings. The largest absolute Gasteiger partial charge is 0.493 e. The number of carbonyl (C=O) groups is 1. The third-order valence-corrected chi connectivity index (χ3v) is 3.42. The second-order valence-electron chi connectivity index (χ2n) is 4.80. The molecule has 0 aromatic heterocycles. The number of benzene rings is 1. The van der Waals surface area contributed by atoms with Crippen LogP contribution in [0.3, 0.4) is 0 Å². The van der Waals surface area contributed by atoms with Gasteiger partial charge in [-0.2, -0.15) is 0 Å². The molecule has 1 atom stereocenters. The SMILES string of the molecule is C=CC(C)(CC=O)c1cc(COC)cc(OC)c1OC. The third kappa shape index (κ3) is 3.20. The second-order valence-corrected chi connectivity index (χ2v) is 4.80. The van der Waals surface area contributed by atoms with Gasteiger partial charge in [-0.3, -0.25) is 0 Å². The second kappa shape index (κ2) is 7.10. The van der Waals surface area contributed by atoms with Crippen LogP contribution in [0.5, 0.6) is 11.5 Å². The molecule has 0 amide bonds. The molecule has 0 saturated carbocycles. The zero-order valence-corrected chi connectivity index (χ0v) is 12.6. The highest BCUT2D eigenvalue weighted by atomic mass is 16.5. The van der Waals surface area contributed by atoms with Gasteiger partial charge in [0.05, 0.1) is 20.8 Å². The standard InChI is InChI=1S/C16H22O4/c1-6-16(2,7-8-17)13-9-12(11-18-3)10-14(19-4)15(13)20-5/h6,8-10H,1,7,11H2,2-5H3. The van der Waals surface area contributed by atoms with E-state index in [1.165, 1.54) is 0 Å². The zero-order chi connectivity index (χ0) is 15.2. The van der Waals surface area contributed by atoms with Crippen molar-refractivity contribution >= 4 is 6.29 Å². The van der Waals surface area contributed by atoms with Crippen molar-refractivity contribution in [1.82, 2.24) is 0 Å². The van der Waals surface area contributed by atoms with E-state index in [0.717, 1.165) is 17.4 Å². The van der Waals surface area contributed by atoms with Gasteiger partial charge < -0.3 is 19.0 Å². The highest BCUT2D eigenvalue weighted by Crippen LogP contribution is 2.41. The Morgan fingerprint density at radius 2 is 1.95 bits per heavy atom. The van der Waals surface area contributed by atoms with Gasteiger partial charge in [-0.25, -0.2) is 0 Å². The fraction of sp³-hybridized carbons (Fsp3) is 0.438. The summed E-state index contributed by atoms with van der Waals surface area (Å²) in [6.07, 6.45) is 2.97. The Morgan fingerprint density at radius 3 is 2.40 bits per heavy atom. The Labute approximate surface area is 120 Å². The van der Waals surface area contributed by atoms with Crippen molar-refractivity contribution < 1.29 is 19.0 Å². The molecule has 110 valence electrons. The third-order valence-electron chi connectivity index (χ3n) is 3.42. The molecule has 0 heterocycles. The molecule has 20 heavy (non-hydrogen) atoms. The molecule has 0 saturated heterocycles. The molecular formula is C16H22O4. The summed E-state index contributed by atoms with van der Waals surface area (Å²) >= 11 is 0. The van der Waals surface area contributed by atoms with E-state index in [2.05, 4.69) is 6.58 Å². The van der Waals surface area contributed by atoms with Crippen molar-refractivity contribution in [2.75, 3.05) is 21.3 Å². The monoisotopic (exact) mass is 278 g/mol. The van der Waals surface area contributed by atoms with E-state index in [9.17, 15) is 4.79 Å². The van der Waals surface area contributed by atoms with Gasteiger partial charge in [0.2, 0.25) is 0 Å².